The molecule has 2 aromatic rings. The van der Waals surface area contributed by atoms with Gasteiger partial charge in [0.1, 0.15) is 0 Å². The molecule has 27 heavy (non-hydrogen) atoms. The van der Waals surface area contributed by atoms with E-state index in [1.54, 1.807) is 0 Å². The maximum atomic E-state index is 12.0. The van der Waals surface area contributed by atoms with Crippen molar-refractivity contribution in [2.45, 2.75) is 40.8 Å². The minimum atomic E-state index is -0.0526. The van der Waals surface area contributed by atoms with E-state index in [4.69, 9.17) is 0 Å². The fraction of sp³-hybridized carbons (Fsp3) is 0.364. The topological polar surface area (TPSA) is 65.5 Å². The number of aryl methyl sites for hydroxylation is 2. The molecule has 0 atom stereocenters. The molecule has 3 N–H and O–H groups in total. The molecule has 0 bridgehead atoms. The smallest absolute Gasteiger partial charge is 0.251 e. The van der Waals surface area contributed by atoms with E-state index < -0.39 is 0 Å². The van der Waals surface area contributed by atoms with Crippen LogP contribution in [0.1, 0.15) is 46.5 Å². The molecule has 0 saturated heterocycles. The highest BCUT2D eigenvalue weighted by Gasteiger charge is 2.05. The average Bonchev–Trinajstić information content (AvgIpc) is 2.65. The van der Waals surface area contributed by atoms with Gasteiger partial charge in [0, 0.05) is 25.2 Å². The normalized spacial score (nSPS) is 11.2. The molecule has 0 heterocycles. The zero-order valence-corrected chi connectivity index (χ0v) is 16.7. The van der Waals surface area contributed by atoms with Crippen LogP contribution in [0, 0.1) is 13.8 Å². The summed E-state index contributed by atoms with van der Waals surface area (Å²) in [6.45, 7) is 10.8. The molecule has 0 radical (unpaired) electrons. The van der Waals surface area contributed by atoms with Gasteiger partial charge in [-0.25, -0.2) is 4.99 Å². The molecule has 144 valence electrons. The first-order chi connectivity index (χ1) is 13.0. The van der Waals surface area contributed by atoms with Crippen molar-refractivity contribution in [2.24, 2.45) is 4.99 Å². The average molecular weight is 367 g/mol. The number of rotatable bonds is 7. The molecule has 0 aliphatic heterocycles. The van der Waals surface area contributed by atoms with Crippen LogP contribution in [0.3, 0.4) is 0 Å². The lowest BCUT2D eigenvalue weighted by Gasteiger charge is -2.13. The number of hydrogen-bond acceptors (Lipinski definition) is 2. The Bertz CT molecular complexity index is 799. The maximum Gasteiger partial charge on any atom is 0.251 e. The quantitative estimate of drug-likeness (QED) is 0.520. The van der Waals surface area contributed by atoms with Crippen molar-refractivity contribution >= 4 is 11.9 Å². The highest BCUT2D eigenvalue weighted by Crippen LogP contribution is 2.10. The lowest BCUT2D eigenvalue weighted by Crippen LogP contribution is -2.37. The molecule has 0 spiro atoms. The molecule has 0 unspecified atom stereocenters. The number of nitrogens with zero attached hydrogens (tertiary/aromatic N) is 1. The molecule has 0 fully saturated rings. The van der Waals surface area contributed by atoms with Gasteiger partial charge in [-0.3, -0.25) is 4.79 Å². The monoisotopic (exact) mass is 366 g/mol. The molecule has 0 aliphatic carbocycles. The number of guanidine groups is 1. The van der Waals surface area contributed by atoms with E-state index in [0.717, 1.165) is 24.6 Å². The Morgan fingerprint density at radius 1 is 0.963 bits per heavy atom. The van der Waals surface area contributed by atoms with Gasteiger partial charge < -0.3 is 16.0 Å². The minimum absolute atomic E-state index is 0.0526. The third-order valence-corrected chi connectivity index (χ3v) is 4.23. The van der Waals surface area contributed by atoms with E-state index in [0.29, 0.717) is 18.7 Å². The zero-order valence-electron chi connectivity index (χ0n) is 16.7. The first kappa shape index (κ1) is 20.5. The highest BCUT2D eigenvalue weighted by molar-refractivity contribution is 5.94. The van der Waals surface area contributed by atoms with Crippen molar-refractivity contribution in [2.75, 3.05) is 13.1 Å². The van der Waals surface area contributed by atoms with Crippen molar-refractivity contribution < 1.29 is 4.79 Å². The molecule has 0 aliphatic rings. The fourth-order valence-corrected chi connectivity index (χ4v) is 2.81. The number of aliphatic imine (C=N–C) groups is 1. The van der Waals surface area contributed by atoms with E-state index in [2.05, 4.69) is 53.0 Å². The third-order valence-electron chi connectivity index (χ3n) is 4.23. The largest absolute Gasteiger partial charge is 0.357 e. The number of carbonyl (C=O) groups is 1. The van der Waals surface area contributed by atoms with Crippen molar-refractivity contribution in [3.8, 4) is 0 Å². The van der Waals surface area contributed by atoms with Gasteiger partial charge in [-0.05, 0) is 56.5 Å². The van der Waals surface area contributed by atoms with Gasteiger partial charge in [-0.1, -0.05) is 35.9 Å². The predicted octanol–water partition coefficient (Wildman–Crippen LogP) is 3.31. The summed E-state index contributed by atoms with van der Waals surface area (Å²) in [6.07, 6.45) is 0. The van der Waals surface area contributed by atoms with Crippen molar-refractivity contribution in [3.05, 3.63) is 70.3 Å². The number of hydrogen-bond donors (Lipinski definition) is 3. The Kier molecular flexibility index (Phi) is 7.86. The van der Waals surface area contributed by atoms with Crippen LogP contribution < -0.4 is 16.0 Å². The summed E-state index contributed by atoms with van der Waals surface area (Å²) in [7, 11) is 0. The highest BCUT2D eigenvalue weighted by atomic mass is 16.1. The van der Waals surface area contributed by atoms with E-state index in [1.165, 1.54) is 16.7 Å². The summed E-state index contributed by atoms with van der Waals surface area (Å²) in [5, 5.41) is 9.48. The van der Waals surface area contributed by atoms with Gasteiger partial charge in [0.2, 0.25) is 0 Å². The van der Waals surface area contributed by atoms with Crippen LogP contribution >= 0.6 is 0 Å². The molecule has 5 heteroatoms. The van der Waals surface area contributed by atoms with Crippen LogP contribution in [0.2, 0.25) is 0 Å². The molecule has 0 aromatic heterocycles. The zero-order chi connectivity index (χ0) is 19.6. The predicted molar refractivity (Wildman–Crippen MR) is 112 cm³/mol. The molecule has 2 aromatic carbocycles. The molecular weight excluding hydrogens is 336 g/mol. The second-order valence-electron chi connectivity index (χ2n) is 6.54. The number of nitrogens with one attached hydrogen (secondary N) is 3. The van der Waals surface area contributed by atoms with Gasteiger partial charge >= 0.3 is 0 Å². The fourth-order valence-electron chi connectivity index (χ4n) is 2.81. The van der Waals surface area contributed by atoms with Gasteiger partial charge in [-0.15, -0.1) is 0 Å². The van der Waals surface area contributed by atoms with Crippen molar-refractivity contribution in [1.29, 1.82) is 0 Å². The minimum Gasteiger partial charge on any atom is -0.357 e. The van der Waals surface area contributed by atoms with Gasteiger partial charge in [0.05, 0.1) is 6.54 Å². The van der Waals surface area contributed by atoms with Crippen LogP contribution in [-0.2, 0) is 13.1 Å². The van der Waals surface area contributed by atoms with Gasteiger partial charge in [0.25, 0.3) is 5.91 Å². The van der Waals surface area contributed by atoms with Crippen LogP contribution in [-0.4, -0.2) is 25.0 Å². The third kappa shape index (κ3) is 6.44. The summed E-state index contributed by atoms with van der Waals surface area (Å²) < 4.78 is 0. The molecule has 2 rings (SSSR count). The number of amides is 1. The van der Waals surface area contributed by atoms with Crippen molar-refractivity contribution in [1.82, 2.24) is 16.0 Å². The van der Waals surface area contributed by atoms with Crippen LogP contribution in [0.25, 0.3) is 0 Å². The van der Waals surface area contributed by atoms with Crippen LogP contribution in [0.4, 0.5) is 0 Å². The second-order valence-corrected chi connectivity index (χ2v) is 6.54. The Morgan fingerprint density at radius 2 is 1.74 bits per heavy atom. The maximum absolute atomic E-state index is 12.0. The Labute approximate surface area is 162 Å². The Hall–Kier alpha value is -2.82. The van der Waals surface area contributed by atoms with Gasteiger partial charge in [-0.2, -0.15) is 0 Å². The summed E-state index contributed by atoms with van der Waals surface area (Å²) in [5.41, 5.74) is 5.46. The summed E-state index contributed by atoms with van der Waals surface area (Å²) in [4.78, 5) is 16.6. The van der Waals surface area contributed by atoms with Crippen LogP contribution in [0.5, 0.6) is 0 Å². The van der Waals surface area contributed by atoms with E-state index in [9.17, 15) is 4.79 Å². The first-order valence-electron chi connectivity index (χ1n) is 9.49. The van der Waals surface area contributed by atoms with E-state index in [-0.39, 0.29) is 5.91 Å². The Morgan fingerprint density at radius 3 is 2.44 bits per heavy atom. The van der Waals surface area contributed by atoms with E-state index >= 15 is 0 Å². The van der Waals surface area contributed by atoms with E-state index in [1.807, 2.05) is 38.1 Å². The Balaban J connectivity index is 2.04. The standard InChI is InChI=1S/C22H30N4O/c1-5-23-21(27)19-9-7-8-18(13-19)14-25-22(24-6-2)26-15-20-11-10-16(3)12-17(20)4/h7-13H,5-6,14-15H2,1-4H3,(H,23,27)(H2,24,25,26). The molecular formula is C22H30N4O. The summed E-state index contributed by atoms with van der Waals surface area (Å²) >= 11 is 0. The lowest BCUT2D eigenvalue weighted by atomic mass is 10.1. The molecule has 1 amide bonds. The number of carbonyl (C=O) groups excluding carboxylic acids is 1. The van der Waals surface area contributed by atoms with Crippen molar-refractivity contribution in [3.63, 3.8) is 0 Å². The van der Waals surface area contributed by atoms with Gasteiger partial charge in [0.15, 0.2) is 5.96 Å². The summed E-state index contributed by atoms with van der Waals surface area (Å²) in [5.74, 6) is 0.712. The first-order valence-corrected chi connectivity index (χ1v) is 9.49. The number of benzene rings is 2. The lowest BCUT2D eigenvalue weighted by molar-refractivity contribution is 0.0955. The summed E-state index contributed by atoms with van der Waals surface area (Å²) in [6, 6.07) is 14.1. The molecule has 5 nitrogen and oxygen atoms in total. The van der Waals surface area contributed by atoms with Crippen LogP contribution in [0.15, 0.2) is 47.5 Å². The molecule has 0 saturated carbocycles. The SMILES string of the molecule is CCNC(=O)c1cccc(CN=C(NCC)NCc2ccc(C)cc2C)c1. The second kappa shape index (κ2) is 10.4.